The van der Waals surface area contributed by atoms with Gasteiger partial charge in [0.1, 0.15) is 0 Å². The molecule has 1 rings (SSSR count). The van der Waals surface area contributed by atoms with Crippen LogP contribution in [0.5, 0.6) is 0 Å². The summed E-state index contributed by atoms with van der Waals surface area (Å²) < 4.78 is 0. The topological polar surface area (TPSA) is 73.3 Å². The van der Waals surface area contributed by atoms with Crippen LogP contribution in [-0.2, 0) is 0 Å². The first-order valence-corrected chi connectivity index (χ1v) is 3.94. The summed E-state index contributed by atoms with van der Waals surface area (Å²) in [6, 6.07) is 0. The Balaban J connectivity index is 2.39. The molecule has 0 aromatic heterocycles. The van der Waals surface area contributed by atoms with Crippen LogP contribution in [0, 0.1) is 11.3 Å². The molecule has 0 saturated carbocycles. The SMILES string of the molecule is N=C(N)N1CCC[C@@H](CO)C1. The highest BCUT2D eigenvalue weighted by atomic mass is 16.3. The lowest BCUT2D eigenvalue weighted by Gasteiger charge is -2.31. The van der Waals surface area contributed by atoms with Crippen LogP contribution in [0.2, 0.25) is 0 Å². The van der Waals surface area contributed by atoms with E-state index in [0.29, 0.717) is 5.92 Å². The van der Waals surface area contributed by atoms with E-state index >= 15 is 0 Å². The van der Waals surface area contributed by atoms with Gasteiger partial charge in [-0.05, 0) is 18.8 Å². The van der Waals surface area contributed by atoms with Gasteiger partial charge in [0, 0.05) is 19.7 Å². The molecular formula is C7H15N3O. The van der Waals surface area contributed by atoms with Gasteiger partial charge in [-0.25, -0.2) is 0 Å². The van der Waals surface area contributed by atoms with Crippen molar-refractivity contribution >= 4 is 5.96 Å². The summed E-state index contributed by atoms with van der Waals surface area (Å²) in [5, 5.41) is 16.0. The molecule has 1 atom stereocenters. The summed E-state index contributed by atoms with van der Waals surface area (Å²) in [7, 11) is 0. The molecule has 11 heavy (non-hydrogen) atoms. The fourth-order valence-electron chi connectivity index (χ4n) is 1.43. The Morgan fingerprint density at radius 2 is 2.45 bits per heavy atom. The minimum Gasteiger partial charge on any atom is -0.396 e. The maximum Gasteiger partial charge on any atom is 0.188 e. The number of likely N-dealkylation sites (tertiary alicyclic amines) is 1. The molecule has 0 aromatic rings. The molecular weight excluding hydrogens is 142 g/mol. The number of rotatable bonds is 1. The zero-order valence-electron chi connectivity index (χ0n) is 6.58. The van der Waals surface area contributed by atoms with Gasteiger partial charge in [0.05, 0.1) is 0 Å². The largest absolute Gasteiger partial charge is 0.396 e. The predicted molar refractivity (Wildman–Crippen MR) is 43.3 cm³/mol. The molecule has 64 valence electrons. The first-order chi connectivity index (χ1) is 5.24. The molecule has 0 aliphatic carbocycles. The normalized spacial score (nSPS) is 25.2. The molecule has 1 heterocycles. The Labute approximate surface area is 66.5 Å². The molecule has 4 heteroatoms. The van der Waals surface area contributed by atoms with E-state index in [1.807, 2.05) is 4.90 Å². The van der Waals surface area contributed by atoms with E-state index < -0.39 is 0 Å². The van der Waals surface area contributed by atoms with Crippen LogP contribution in [0.4, 0.5) is 0 Å². The molecule has 0 unspecified atom stereocenters. The van der Waals surface area contributed by atoms with E-state index in [4.69, 9.17) is 16.2 Å². The quantitative estimate of drug-likeness (QED) is 0.357. The van der Waals surface area contributed by atoms with Gasteiger partial charge in [-0.2, -0.15) is 0 Å². The van der Waals surface area contributed by atoms with Gasteiger partial charge in [0.15, 0.2) is 5.96 Å². The third kappa shape index (κ3) is 2.08. The van der Waals surface area contributed by atoms with Gasteiger partial charge in [0.2, 0.25) is 0 Å². The number of hydrogen-bond acceptors (Lipinski definition) is 2. The van der Waals surface area contributed by atoms with Crippen molar-refractivity contribution in [3.8, 4) is 0 Å². The number of guanidine groups is 1. The molecule has 1 aliphatic rings. The highest BCUT2D eigenvalue weighted by molar-refractivity contribution is 5.74. The van der Waals surface area contributed by atoms with Crippen LogP contribution < -0.4 is 5.73 Å². The summed E-state index contributed by atoms with van der Waals surface area (Å²) in [5.74, 6) is 0.441. The Hall–Kier alpha value is -0.770. The van der Waals surface area contributed by atoms with Gasteiger partial charge < -0.3 is 15.7 Å². The van der Waals surface area contributed by atoms with Gasteiger partial charge >= 0.3 is 0 Å². The smallest absolute Gasteiger partial charge is 0.188 e. The van der Waals surface area contributed by atoms with Crippen molar-refractivity contribution < 1.29 is 5.11 Å². The second-order valence-electron chi connectivity index (χ2n) is 3.02. The van der Waals surface area contributed by atoms with E-state index in [0.717, 1.165) is 25.9 Å². The molecule has 0 amide bonds. The first kappa shape index (κ1) is 8.33. The average Bonchev–Trinajstić information content (AvgIpc) is 2.05. The third-order valence-electron chi connectivity index (χ3n) is 2.12. The molecule has 1 saturated heterocycles. The molecule has 0 aromatic carbocycles. The van der Waals surface area contributed by atoms with Gasteiger partial charge in [-0.1, -0.05) is 0 Å². The maximum absolute atomic E-state index is 8.85. The fraction of sp³-hybridized carbons (Fsp3) is 0.857. The third-order valence-corrected chi connectivity index (χ3v) is 2.12. The van der Waals surface area contributed by atoms with Crippen LogP contribution in [0.25, 0.3) is 0 Å². The highest BCUT2D eigenvalue weighted by Gasteiger charge is 2.19. The highest BCUT2D eigenvalue weighted by Crippen LogP contribution is 2.14. The molecule has 4 N–H and O–H groups in total. The molecule has 4 nitrogen and oxygen atoms in total. The van der Waals surface area contributed by atoms with Crippen LogP contribution in [0.3, 0.4) is 0 Å². The van der Waals surface area contributed by atoms with Gasteiger partial charge in [0.25, 0.3) is 0 Å². The standard InChI is InChI=1S/C7H15N3O/c8-7(9)10-3-1-2-6(4-10)5-11/h6,11H,1-5H2,(H3,8,9)/t6-/m1/s1. The number of aliphatic hydroxyl groups is 1. The van der Waals surface area contributed by atoms with Crippen molar-refractivity contribution in [1.29, 1.82) is 5.41 Å². The van der Waals surface area contributed by atoms with E-state index in [1.54, 1.807) is 0 Å². The number of nitrogens with two attached hydrogens (primary N) is 1. The number of piperidine rings is 1. The Morgan fingerprint density at radius 1 is 1.73 bits per heavy atom. The average molecular weight is 157 g/mol. The second kappa shape index (κ2) is 3.57. The van der Waals surface area contributed by atoms with E-state index in [1.165, 1.54) is 0 Å². The summed E-state index contributed by atoms with van der Waals surface area (Å²) in [6.45, 7) is 1.82. The minimum atomic E-state index is 0.128. The van der Waals surface area contributed by atoms with Crippen molar-refractivity contribution in [1.82, 2.24) is 4.90 Å². The zero-order chi connectivity index (χ0) is 8.27. The molecule has 0 spiro atoms. The fourth-order valence-corrected chi connectivity index (χ4v) is 1.43. The Morgan fingerprint density at radius 3 is 3.00 bits per heavy atom. The van der Waals surface area contributed by atoms with E-state index in [-0.39, 0.29) is 12.6 Å². The maximum atomic E-state index is 8.85. The molecule has 1 fully saturated rings. The van der Waals surface area contributed by atoms with E-state index in [2.05, 4.69) is 0 Å². The lowest BCUT2D eigenvalue weighted by molar-refractivity contribution is 0.159. The summed E-state index contributed by atoms with van der Waals surface area (Å²) in [5.41, 5.74) is 5.31. The second-order valence-corrected chi connectivity index (χ2v) is 3.02. The monoisotopic (exact) mass is 157 g/mol. The zero-order valence-corrected chi connectivity index (χ0v) is 6.58. The van der Waals surface area contributed by atoms with Crippen LogP contribution in [-0.4, -0.2) is 35.7 Å². The lowest BCUT2D eigenvalue weighted by Crippen LogP contribution is -2.44. The number of hydrogen-bond donors (Lipinski definition) is 3. The Kier molecular flexibility index (Phi) is 2.70. The van der Waals surface area contributed by atoms with Crippen molar-refractivity contribution in [2.75, 3.05) is 19.7 Å². The van der Waals surface area contributed by atoms with Crippen molar-refractivity contribution in [3.63, 3.8) is 0 Å². The van der Waals surface area contributed by atoms with Crippen molar-refractivity contribution in [2.45, 2.75) is 12.8 Å². The van der Waals surface area contributed by atoms with Gasteiger partial charge in [-0.15, -0.1) is 0 Å². The van der Waals surface area contributed by atoms with Crippen molar-refractivity contribution in [2.24, 2.45) is 11.7 Å². The van der Waals surface area contributed by atoms with Crippen LogP contribution in [0.15, 0.2) is 0 Å². The molecule has 0 bridgehead atoms. The predicted octanol–water partition coefficient (Wildman–Crippen LogP) is -0.416. The number of aliphatic hydroxyl groups excluding tert-OH is 1. The summed E-state index contributed by atoms with van der Waals surface area (Å²) >= 11 is 0. The first-order valence-electron chi connectivity index (χ1n) is 3.94. The Bertz CT molecular complexity index is 149. The lowest BCUT2D eigenvalue weighted by atomic mass is 9.99. The summed E-state index contributed by atoms with van der Waals surface area (Å²) in [4.78, 5) is 1.81. The molecule has 0 radical (unpaired) electrons. The number of nitrogens with one attached hydrogen (secondary N) is 1. The van der Waals surface area contributed by atoms with Crippen molar-refractivity contribution in [3.05, 3.63) is 0 Å². The summed E-state index contributed by atoms with van der Waals surface area (Å²) in [6.07, 6.45) is 2.09. The van der Waals surface area contributed by atoms with E-state index in [9.17, 15) is 0 Å². The molecule has 1 aliphatic heterocycles. The van der Waals surface area contributed by atoms with Gasteiger partial charge in [-0.3, -0.25) is 5.41 Å². The minimum absolute atomic E-state index is 0.128. The number of nitrogens with zero attached hydrogens (tertiary/aromatic N) is 1. The van der Waals surface area contributed by atoms with Crippen LogP contribution >= 0.6 is 0 Å². The van der Waals surface area contributed by atoms with Crippen LogP contribution in [0.1, 0.15) is 12.8 Å².